The summed E-state index contributed by atoms with van der Waals surface area (Å²) in [5.41, 5.74) is 9.98. The van der Waals surface area contributed by atoms with Gasteiger partial charge in [0.2, 0.25) is 0 Å². The molecule has 2 aromatic rings. The van der Waals surface area contributed by atoms with Crippen molar-refractivity contribution in [3.8, 4) is 0 Å². The van der Waals surface area contributed by atoms with Crippen molar-refractivity contribution in [3.05, 3.63) is 53.9 Å². The summed E-state index contributed by atoms with van der Waals surface area (Å²) in [6.45, 7) is 2.89. The van der Waals surface area contributed by atoms with Crippen molar-refractivity contribution < 1.29 is 0 Å². The second-order valence-electron chi connectivity index (χ2n) is 4.02. The Morgan fingerprint density at radius 1 is 1.18 bits per heavy atom. The maximum atomic E-state index is 5.85. The number of rotatable bonds is 4. The summed E-state index contributed by atoms with van der Waals surface area (Å²) >= 11 is 0. The van der Waals surface area contributed by atoms with Gasteiger partial charge in [-0.05, 0) is 36.8 Å². The van der Waals surface area contributed by atoms with Crippen molar-refractivity contribution >= 4 is 11.4 Å². The van der Waals surface area contributed by atoms with Gasteiger partial charge in [0.1, 0.15) is 0 Å². The van der Waals surface area contributed by atoms with Gasteiger partial charge in [-0.25, -0.2) is 0 Å². The van der Waals surface area contributed by atoms with Crippen molar-refractivity contribution in [2.45, 2.75) is 13.3 Å². The maximum Gasteiger partial charge on any atom is 0.0421 e. The predicted molar refractivity (Wildman–Crippen MR) is 72.0 cm³/mol. The van der Waals surface area contributed by atoms with E-state index >= 15 is 0 Å². The molecule has 0 aliphatic heterocycles. The van der Waals surface area contributed by atoms with E-state index in [1.165, 1.54) is 0 Å². The van der Waals surface area contributed by atoms with Crippen LogP contribution in [0.4, 0.5) is 11.4 Å². The van der Waals surface area contributed by atoms with Gasteiger partial charge >= 0.3 is 0 Å². The summed E-state index contributed by atoms with van der Waals surface area (Å²) < 4.78 is 0. The minimum Gasteiger partial charge on any atom is -0.398 e. The van der Waals surface area contributed by atoms with Crippen LogP contribution >= 0.6 is 0 Å². The molecule has 0 spiro atoms. The second-order valence-corrected chi connectivity index (χ2v) is 4.02. The van der Waals surface area contributed by atoms with Crippen molar-refractivity contribution in [3.63, 3.8) is 0 Å². The van der Waals surface area contributed by atoms with Crippen molar-refractivity contribution in [2.24, 2.45) is 0 Å². The Morgan fingerprint density at radius 2 is 2.06 bits per heavy atom. The van der Waals surface area contributed by atoms with Crippen LogP contribution in [0.2, 0.25) is 0 Å². The lowest BCUT2D eigenvalue weighted by Gasteiger charge is -2.10. The highest BCUT2D eigenvalue weighted by molar-refractivity contribution is 5.62. The molecule has 0 unspecified atom stereocenters. The van der Waals surface area contributed by atoms with E-state index in [9.17, 15) is 0 Å². The zero-order valence-corrected chi connectivity index (χ0v) is 9.98. The summed E-state index contributed by atoms with van der Waals surface area (Å²) in [4.78, 5) is 4.29. The molecule has 1 aromatic heterocycles. The predicted octanol–water partition coefficient (Wildman–Crippen LogP) is 2.63. The number of anilines is 2. The quantitative estimate of drug-likeness (QED) is 0.789. The molecule has 0 bridgehead atoms. The lowest BCUT2D eigenvalue weighted by Crippen LogP contribution is -2.07. The zero-order valence-electron chi connectivity index (χ0n) is 9.98. The Bertz CT molecular complexity index is 480. The van der Waals surface area contributed by atoms with Crippen molar-refractivity contribution in [1.29, 1.82) is 0 Å². The van der Waals surface area contributed by atoms with Crippen LogP contribution in [-0.2, 0) is 6.42 Å². The Labute approximate surface area is 102 Å². The van der Waals surface area contributed by atoms with Crippen LogP contribution in [0.5, 0.6) is 0 Å². The first-order valence-corrected chi connectivity index (χ1v) is 5.76. The molecular weight excluding hydrogens is 210 g/mol. The van der Waals surface area contributed by atoms with E-state index in [4.69, 9.17) is 5.73 Å². The first-order valence-electron chi connectivity index (χ1n) is 5.76. The topological polar surface area (TPSA) is 50.9 Å². The van der Waals surface area contributed by atoms with Crippen molar-refractivity contribution in [1.82, 2.24) is 4.98 Å². The van der Waals surface area contributed by atoms with Crippen LogP contribution < -0.4 is 11.1 Å². The van der Waals surface area contributed by atoms with E-state index in [0.29, 0.717) is 0 Å². The molecule has 3 heteroatoms. The number of hydrogen-bond acceptors (Lipinski definition) is 3. The Hall–Kier alpha value is -2.03. The molecule has 0 aliphatic rings. The number of pyridine rings is 1. The maximum absolute atomic E-state index is 5.85. The summed E-state index contributed by atoms with van der Waals surface area (Å²) in [7, 11) is 0. The molecule has 0 amide bonds. The summed E-state index contributed by atoms with van der Waals surface area (Å²) in [6, 6.07) is 11.9. The van der Waals surface area contributed by atoms with E-state index < -0.39 is 0 Å². The van der Waals surface area contributed by atoms with Gasteiger partial charge in [-0.2, -0.15) is 0 Å². The molecule has 1 aromatic carbocycles. The van der Waals surface area contributed by atoms with Crippen LogP contribution in [0.3, 0.4) is 0 Å². The third-order valence-electron chi connectivity index (χ3n) is 2.80. The zero-order chi connectivity index (χ0) is 12.1. The number of nitrogens with two attached hydrogens (primary N) is 1. The second kappa shape index (κ2) is 5.34. The van der Waals surface area contributed by atoms with Gasteiger partial charge < -0.3 is 11.1 Å². The minimum atomic E-state index is 0.827. The van der Waals surface area contributed by atoms with E-state index in [2.05, 4.69) is 10.3 Å². The number of benzene rings is 1. The Kier molecular flexibility index (Phi) is 3.60. The molecular formula is C14H17N3. The van der Waals surface area contributed by atoms with Gasteiger partial charge in [-0.1, -0.05) is 12.1 Å². The number of nitrogen functional groups attached to an aromatic ring is 1. The molecule has 2 rings (SSSR count). The van der Waals surface area contributed by atoms with Crippen LogP contribution in [-0.4, -0.2) is 11.5 Å². The molecule has 0 saturated carbocycles. The highest BCUT2D eigenvalue weighted by atomic mass is 14.9. The van der Waals surface area contributed by atoms with Gasteiger partial charge in [0.05, 0.1) is 0 Å². The smallest absolute Gasteiger partial charge is 0.0421 e. The van der Waals surface area contributed by atoms with E-state index in [1.54, 1.807) is 0 Å². The van der Waals surface area contributed by atoms with Gasteiger partial charge in [0.25, 0.3) is 0 Å². The number of nitrogens with one attached hydrogen (secondary N) is 1. The monoisotopic (exact) mass is 227 g/mol. The molecule has 17 heavy (non-hydrogen) atoms. The average Bonchev–Trinajstić information content (AvgIpc) is 2.36. The van der Waals surface area contributed by atoms with Gasteiger partial charge in [-0.15, -0.1) is 0 Å². The summed E-state index contributed by atoms with van der Waals surface area (Å²) in [5.74, 6) is 0. The SMILES string of the molecule is Cc1c(N)cccc1NCCc1ccccn1. The molecule has 1 heterocycles. The fourth-order valence-corrected chi connectivity index (χ4v) is 1.72. The fraction of sp³-hybridized carbons (Fsp3) is 0.214. The number of nitrogens with zero attached hydrogens (tertiary/aromatic N) is 1. The third kappa shape index (κ3) is 2.97. The Morgan fingerprint density at radius 3 is 2.82 bits per heavy atom. The average molecular weight is 227 g/mol. The molecule has 0 fully saturated rings. The van der Waals surface area contributed by atoms with Gasteiger partial charge in [0.15, 0.2) is 0 Å². The highest BCUT2D eigenvalue weighted by Gasteiger charge is 2.00. The molecule has 3 N–H and O–H groups in total. The largest absolute Gasteiger partial charge is 0.398 e. The van der Waals surface area contributed by atoms with Crippen molar-refractivity contribution in [2.75, 3.05) is 17.6 Å². The van der Waals surface area contributed by atoms with Crippen LogP contribution in [0.25, 0.3) is 0 Å². The molecule has 0 aliphatic carbocycles. The van der Waals surface area contributed by atoms with E-state index in [1.807, 2.05) is 49.5 Å². The van der Waals surface area contributed by atoms with Crippen LogP contribution in [0.1, 0.15) is 11.3 Å². The first-order chi connectivity index (χ1) is 8.27. The normalized spacial score (nSPS) is 10.2. The van der Waals surface area contributed by atoms with Crippen LogP contribution in [0.15, 0.2) is 42.6 Å². The number of aromatic nitrogens is 1. The fourth-order valence-electron chi connectivity index (χ4n) is 1.72. The summed E-state index contributed by atoms with van der Waals surface area (Å²) in [5, 5.41) is 3.38. The van der Waals surface area contributed by atoms with Gasteiger partial charge in [0, 0.05) is 36.2 Å². The minimum absolute atomic E-state index is 0.827. The molecule has 0 radical (unpaired) electrons. The standard InChI is InChI=1S/C14H17N3/c1-11-13(15)6-4-7-14(11)17-10-8-12-5-2-3-9-16-12/h2-7,9,17H,8,10,15H2,1H3. The molecule has 88 valence electrons. The third-order valence-corrected chi connectivity index (χ3v) is 2.80. The van der Waals surface area contributed by atoms with E-state index in [0.717, 1.165) is 35.6 Å². The summed E-state index contributed by atoms with van der Waals surface area (Å²) in [6.07, 6.45) is 2.73. The van der Waals surface area contributed by atoms with Gasteiger partial charge in [-0.3, -0.25) is 4.98 Å². The van der Waals surface area contributed by atoms with E-state index in [-0.39, 0.29) is 0 Å². The van der Waals surface area contributed by atoms with Crippen LogP contribution in [0, 0.1) is 6.92 Å². The number of hydrogen-bond donors (Lipinski definition) is 2. The molecule has 3 nitrogen and oxygen atoms in total. The lowest BCUT2D eigenvalue weighted by atomic mass is 10.1. The lowest BCUT2D eigenvalue weighted by molar-refractivity contribution is 0.960. The highest BCUT2D eigenvalue weighted by Crippen LogP contribution is 2.20. The molecule has 0 saturated heterocycles. The first kappa shape index (κ1) is 11.5. The molecule has 0 atom stereocenters. The Balaban J connectivity index is 1.93.